The van der Waals surface area contributed by atoms with Gasteiger partial charge in [-0.3, -0.25) is 0 Å². The molecule has 0 amide bonds. The van der Waals surface area contributed by atoms with Gasteiger partial charge in [0.1, 0.15) is 0 Å². The maximum atomic E-state index is 11.1. The predicted octanol–water partition coefficient (Wildman–Crippen LogP) is 1.91. The van der Waals surface area contributed by atoms with Crippen molar-refractivity contribution in [3.8, 4) is 0 Å². The summed E-state index contributed by atoms with van der Waals surface area (Å²) in [6.45, 7) is 7.76. The zero-order valence-electron chi connectivity index (χ0n) is 8.70. The Morgan fingerprint density at radius 1 is 1.54 bits per heavy atom. The lowest BCUT2D eigenvalue weighted by Crippen LogP contribution is -2.60. The molecular formula is C10H18O3. The van der Waals surface area contributed by atoms with Gasteiger partial charge in [0.15, 0.2) is 5.60 Å². The molecule has 1 aliphatic carbocycles. The number of carboxylic acid groups (broad SMARTS) is 1. The molecule has 0 heterocycles. The lowest BCUT2D eigenvalue weighted by Gasteiger charge is -2.49. The fourth-order valence-corrected chi connectivity index (χ4v) is 2.05. The fraction of sp³-hybridized carbons (Fsp3) is 0.900. The maximum absolute atomic E-state index is 11.1. The fourth-order valence-electron chi connectivity index (χ4n) is 2.05. The van der Waals surface area contributed by atoms with Gasteiger partial charge < -0.3 is 9.84 Å². The quantitative estimate of drug-likeness (QED) is 0.732. The van der Waals surface area contributed by atoms with Crippen molar-refractivity contribution in [1.82, 2.24) is 0 Å². The van der Waals surface area contributed by atoms with Crippen LogP contribution in [0.25, 0.3) is 0 Å². The summed E-state index contributed by atoms with van der Waals surface area (Å²) >= 11 is 0. The monoisotopic (exact) mass is 186 g/mol. The molecule has 1 aliphatic rings. The summed E-state index contributed by atoms with van der Waals surface area (Å²) in [5, 5.41) is 9.10. The SMILES string of the molecule is CC(C)OC1(C(=O)O)CC(C)C1C. The Morgan fingerprint density at radius 3 is 2.31 bits per heavy atom. The molecule has 3 heteroatoms. The van der Waals surface area contributed by atoms with Gasteiger partial charge in [-0.05, 0) is 32.1 Å². The van der Waals surface area contributed by atoms with Crippen molar-refractivity contribution < 1.29 is 14.6 Å². The molecule has 3 atom stereocenters. The number of aliphatic carboxylic acids is 1. The molecule has 3 nitrogen and oxygen atoms in total. The Bertz CT molecular complexity index is 212. The van der Waals surface area contributed by atoms with Crippen LogP contribution < -0.4 is 0 Å². The summed E-state index contributed by atoms with van der Waals surface area (Å²) in [6, 6.07) is 0. The van der Waals surface area contributed by atoms with E-state index in [0.717, 1.165) is 0 Å². The molecule has 1 rings (SSSR count). The largest absolute Gasteiger partial charge is 0.479 e. The van der Waals surface area contributed by atoms with Crippen LogP contribution in [-0.4, -0.2) is 22.8 Å². The van der Waals surface area contributed by atoms with E-state index in [4.69, 9.17) is 9.84 Å². The van der Waals surface area contributed by atoms with E-state index in [2.05, 4.69) is 6.92 Å². The maximum Gasteiger partial charge on any atom is 0.336 e. The van der Waals surface area contributed by atoms with Crippen molar-refractivity contribution in [2.45, 2.75) is 45.8 Å². The first kappa shape index (κ1) is 10.5. The normalized spacial score (nSPS) is 38.8. The van der Waals surface area contributed by atoms with Crippen LogP contribution in [0.3, 0.4) is 0 Å². The predicted molar refractivity (Wildman–Crippen MR) is 49.5 cm³/mol. The molecule has 0 saturated heterocycles. The number of carbonyl (C=O) groups is 1. The van der Waals surface area contributed by atoms with Crippen molar-refractivity contribution in [3.63, 3.8) is 0 Å². The minimum atomic E-state index is -0.909. The van der Waals surface area contributed by atoms with E-state index >= 15 is 0 Å². The molecule has 3 unspecified atom stereocenters. The number of hydrogen-bond donors (Lipinski definition) is 1. The summed E-state index contributed by atoms with van der Waals surface area (Å²) in [5.74, 6) is -0.242. The zero-order valence-corrected chi connectivity index (χ0v) is 8.70. The van der Waals surface area contributed by atoms with E-state index in [-0.39, 0.29) is 12.0 Å². The van der Waals surface area contributed by atoms with Crippen LogP contribution in [0.5, 0.6) is 0 Å². The van der Waals surface area contributed by atoms with Gasteiger partial charge in [-0.2, -0.15) is 0 Å². The van der Waals surface area contributed by atoms with E-state index < -0.39 is 11.6 Å². The molecular weight excluding hydrogens is 168 g/mol. The first-order valence-electron chi connectivity index (χ1n) is 4.81. The summed E-state index contributed by atoms with van der Waals surface area (Å²) < 4.78 is 5.52. The highest BCUT2D eigenvalue weighted by Gasteiger charge is 2.56. The molecule has 1 fully saturated rings. The molecule has 0 radical (unpaired) electrons. The first-order chi connectivity index (χ1) is 5.90. The Morgan fingerprint density at radius 2 is 2.08 bits per heavy atom. The molecule has 1 saturated carbocycles. The van der Waals surface area contributed by atoms with Crippen molar-refractivity contribution >= 4 is 5.97 Å². The average molecular weight is 186 g/mol. The average Bonchev–Trinajstić information content (AvgIpc) is 2.01. The number of hydrogen-bond acceptors (Lipinski definition) is 2. The van der Waals surface area contributed by atoms with Crippen LogP contribution >= 0.6 is 0 Å². The van der Waals surface area contributed by atoms with Crippen molar-refractivity contribution in [2.75, 3.05) is 0 Å². The van der Waals surface area contributed by atoms with Crippen molar-refractivity contribution in [1.29, 1.82) is 0 Å². The molecule has 1 N–H and O–H groups in total. The van der Waals surface area contributed by atoms with Crippen LogP contribution in [-0.2, 0) is 9.53 Å². The number of rotatable bonds is 3. The van der Waals surface area contributed by atoms with Gasteiger partial charge in [-0.25, -0.2) is 4.79 Å². The second-order valence-electron chi connectivity index (χ2n) is 4.33. The van der Waals surface area contributed by atoms with Gasteiger partial charge >= 0.3 is 5.97 Å². The molecule has 0 bridgehead atoms. The lowest BCUT2D eigenvalue weighted by molar-refractivity contribution is -0.214. The van der Waals surface area contributed by atoms with E-state index in [0.29, 0.717) is 12.3 Å². The van der Waals surface area contributed by atoms with Crippen LogP contribution in [0.1, 0.15) is 34.1 Å². The molecule has 0 aromatic carbocycles. The van der Waals surface area contributed by atoms with Crippen molar-refractivity contribution in [3.05, 3.63) is 0 Å². The summed E-state index contributed by atoms with van der Waals surface area (Å²) in [6.07, 6.45) is 0.618. The summed E-state index contributed by atoms with van der Waals surface area (Å²) in [7, 11) is 0. The van der Waals surface area contributed by atoms with Crippen molar-refractivity contribution in [2.24, 2.45) is 11.8 Å². The van der Waals surface area contributed by atoms with Gasteiger partial charge in [0.05, 0.1) is 6.10 Å². The van der Waals surface area contributed by atoms with E-state index in [1.54, 1.807) is 0 Å². The topological polar surface area (TPSA) is 46.5 Å². The summed E-state index contributed by atoms with van der Waals surface area (Å²) in [5.41, 5.74) is -0.909. The first-order valence-corrected chi connectivity index (χ1v) is 4.81. The third-order valence-electron chi connectivity index (χ3n) is 3.02. The second-order valence-corrected chi connectivity index (χ2v) is 4.33. The summed E-state index contributed by atoms with van der Waals surface area (Å²) in [4.78, 5) is 11.1. The Kier molecular flexibility index (Phi) is 2.66. The van der Waals surface area contributed by atoms with Gasteiger partial charge in [-0.1, -0.05) is 13.8 Å². The van der Waals surface area contributed by atoms with Crippen LogP contribution in [0.4, 0.5) is 0 Å². The molecule has 0 spiro atoms. The van der Waals surface area contributed by atoms with E-state index in [9.17, 15) is 4.79 Å². The van der Waals surface area contributed by atoms with Gasteiger partial charge in [0.2, 0.25) is 0 Å². The number of carboxylic acids is 1. The smallest absolute Gasteiger partial charge is 0.336 e. The standard InChI is InChI=1S/C10H18O3/c1-6(2)13-10(9(11)12)5-7(3)8(10)4/h6-8H,5H2,1-4H3,(H,11,12). The molecule has 0 aromatic rings. The van der Waals surface area contributed by atoms with Crippen LogP contribution in [0.2, 0.25) is 0 Å². The Balaban J connectivity index is 2.74. The van der Waals surface area contributed by atoms with Crippen LogP contribution in [0, 0.1) is 11.8 Å². The van der Waals surface area contributed by atoms with E-state index in [1.807, 2.05) is 20.8 Å². The molecule has 76 valence electrons. The minimum Gasteiger partial charge on any atom is -0.479 e. The lowest BCUT2D eigenvalue weighted by atomic mass is 9.62. The molecule has 0 aliphatic heterocycles. The Labute approximate surface area is 79.1 Å². The third kappa shape index (κ3) is 1.57. The van der Waals surface area contributed by atoms with Gasteiger partial charge in [0.25, 0.3) is 0 Å². The molecule has 13 heavy (non-hydrogen) atoms. The minimum absolute atomic E-state index is 0.0222. The van der Waals surface area contributed by atoms with Gasteiger partial charge in [-0.15, -0.1) is 0 Å². The highest BCUT2D eigenvalue weighted by atomic mass is 16.5. The molecule has 0 aromatic heterocycles. The van der Waals surface area contributed by atoms with E-state index in [1.165, 1.54) is 0 Å². The van der Waals surface area contributed by atoms with Crippen LogP contribution in [0.15, 0.2) is 0 Å². The zero-order chi connectivity index (χ0) is 10.2. The highest BCUT2D eigenvalue weighted by molar-refractivity contribution is 5.79. The third-order valence-corrected chi connectivity index (χ3v) is 3.02. The highest BCUT2D eigenvalue weighted by Crippen LogP contribution is 2.47. The Hall–Kier alpha value is -0.570. The second kappa shape index (κ2) is 3.29. The van der Waals surface area contributed by atoms with Gasteiger partial charge in [0, 0.05) is 0 Å². The number of ether oxygens (including phenoxy) is 1.